The molecule has 0 fully saturated rings. The van der Waals surface area contributed by atoms with Gasteiger partial charge in [0.25, 0.3) is 0 Å². The van der Waals surface area contributed by atoms with E-state index in [1.807, 2.05) is 18.4 Å². The number of nitrogens with two attached hydrogens (primary N) is 1. The van der Waals surface area contributed by atoms with Gasteiger partial charge in [0.2, 0.25) is 5.91 Å². The molecule has 1 aliphatic rings. The highest BCUT2D eigenvalue weighted by molar-refractivity contribution is 9.10. The number of amides is 1. The summed E-state index contributed by atoms with van der Waals surface area (Å²) < 4.78 is 0.966. The largest absolute Gasteiger partial charge is 0.369 e. The summed E-state index contributed by atoms with van der Waals surface area (Å²) in [5.74, 6) is 2.32. The fraction of sp³-hybridized carbons (Fsp3) is 0.385. The molecule has 2 atom stereocenters. The summed E-state index contributed by atoms with van der Waals surface area (Å²) in [6.07, 6.45) is 5.74. The Hall–Kier alpha value is -1.32. The molecule has 100 valence electrons. The molecule has 0 saturated carbocycles. The Balaban J connectivity index is 2.56. The van der Waals surface area contributed by atoms with Crippen molar-refractivity contribution in [1.82, 2.24) is 4.90 Å². The molecular weight excluding hydrogens is 326 g/mol. The zero-order chi connectivity index (χ0) is 14.2. The number of rotatable bonds is 2. The number of halogens is 1. The van der Waals surface area contributed by atoms with Gasteiger partial charge in [0.05, 0.1) is 5.92 Å². The molecule has 0 aliphatic carbocycles. The number of hydrogen-bond acceptors (Lipinski definition) is 4. The van der Waals surface area contributed by atoms with Crippen LogP contribution in [0.15, 0.2) is 20.9 Å². The normalized spacial score (nSPS) is 27.1. The minimum atomic E-state index is -0.698. The van der Waals surface area contributed by atoms with Crippen molar-refractivity contribution in [2.24, 2.45) is 16.6 Å². The van der Waals surface area contributed by atoms with Crippen molar-refractivity contribution in [2.75, 3.05) is 7.05 Å². The van der Waals surface area contributed by atoms with E-state index in [0.29, 0.717) is 6.42 Å². The van der Waals surface area contributed by atoms with Gasteiger partial charge in [-0.05, 0) is 28.9 Å². The van der Waals surface area contributed by atoms with E-state index in [9.17, 15) is 4.79 Å². The monoisotopic (exact) mass is 339 g/mol. The van der Waals surface area contributed by atoms with Crippen LogP contribution in [-0.4, -0.2) is 23.8 Å². The van der Waals surface area contributed by atoms with E-state index in [1.54, 1.807) is 18.4 Å². The molecular formula is C13H14BrN3OS. The van der Waals surface area contributed by atoms with Gasteiger partial charge in [-0.2, -0.15) is 0 Å². The Morgan fingerprint density at radius 2 is 2.42 bits per heavy atom. The van der Waals surface area contributed by atoms with Crippen LogP contribution in [0.1, 0.15) is 18.2 Å². The summed E-state index contributed by atoms with van der Waals surface area (Å²) in [5, 5.41) is 1.96. The first-order chi connectivity index (χ1) is 8.90. The third kappa shape index (κ3) is 2.28. The summed E-state index contributed by atoms with van der Waals surface area (Å²) in [4.78, 5) is 19.3. The molecule has 0 radical (unpaired) electrons. The smallest absolute Gasteiger partial charge is 0.235 e. The maximum atomic E-state index is 12.4. The minimum absolute atomic E-state index is 0.0857. The van der Waals surface area contributed by atoms with Gasteiger partial charge >= 0.3 is 0 Å². The SMILES string of the molecule is C#CC[C@@H]1C(=O)N(C)C(N)=N[C@]1(C)c1cc(Br)cs1. The minimum Gasteiger partial charge on any atom is -0.369 e. The number of carbonyl (C=O) groups is 1. The molecule has 0 spiro atoms. The molecule has 1 aromatic heterocycles. The first kappa shape index (κ1) is 14.1. The van der Waals surface area contributed by atoms with Crippen LogP contribution in [0.3, 0.4) is 0 Å². The number of aliphatic imine (C=N–C) groups is 1. The summed E-state index contributed by atoms with van der Waals surface area (Å²) in [5.41, 5.74) is 5.15. The average Bonchev–Trinajstić information content (AvgIpc) is 2.79. The van der Waals surface area contributed by atoms with Gasteiger partial charge < -0.3 is 5.73 Å². The fourth-order valence-electron chi connectivity index (χ4n) is 2.19. The standard InChI is InChI=1S/C13H14BrN3OS/c1-4-5-9-11(18)17(3)12(15)16-13(9,2)10-6-8(14)7-19-10/h1,6-7,9H,5H2,2-3H3,(H2,15,16)/t9-,13+/m1/s1. The summed E-state index contributed by atoms with van der Waals surface area (Å²) in [6, 6.07) is 1.96. The molecule has 0 bridgehead atoms. The summed E-state index contributed by atoms with van der Waals surface area (Å²) in [7, 11) is 1.62. The van der Waals surface area contributed by atoms with Crippen LogP contribution in [0, 0.1) is 18.3 Å². The van der Waals surface area contributed by atoms with Crippen LogP contribution < -0.4 is 5.73 Å². The van der Waals surface area contributed by atoms with Gasteiger partial charge in [0, 0.05) is 28.2 Å². The molecule has 2 rings (SSSR count). The maximum absolute atomic E-state index is 12.4. The van der Waals surface area contributed by atoms with Crippen molar-refractivity contribution in [3.8, 4) is 12.3 Å². The zero-order valence-corrected chi connectivity index (χ0v) is 13.1. The lowest BCUT2D eigenvalue weighted by Gasteiger charge is -2.39. The molecule has 6 heteroatoms. The second-order valence-electron chi connectivity index (χ2n) is 4.60. The van der Waals surface area contributed by atoms with Crippen LogP contribution in [0.5, 0.6) is 0 Å². The van der Waals surface area contributed by atoms with Crippen molar-refractivity contribution >= 4 is 39.1 Å². The third-order valence-electron chi connectivity index (χ3n) is 3.39. The van der Waals surface area contributed by atoms with E-state index in [2.05, 4.69) is 26.8 Å². The van der Waals surface area contributed by atoms with E-state index < -0.39 is 5.54 Å². The molecule has 2 heterocycles. The predicted molar refractivity (Wildman–Crippen MR) is 80.7 cm³/mol. The van der Waals surface area contributed by atoms with Crippen LogP contribution in [0.25, 0.3) is 0 Å². The summed E-state index contributed by atoms with van der Waals surface area (Å²) >= 11 is 4.96. The molecule has 2 N–H and O–H groups in total. The lowest BCUT2D eigenvalue weighted by atomic mass is 9.80. The van der Waals surface area contributed by atoms with E-state index in [4.69, 9.17) is 12.2 Å². The second-order valence-corrected chi connectivity index (χ2v) is 6.43. The van der Waals surface area contributed by atoms with E-state index in [1.165, 1.54) is 4.90 Å². The van der Waals surface area contributed by atoms with Crippen LogP contribution in [-0.2, 0) is 10.3 Å². The van der Waals surface area contributed by atoms with Crippen molar-refractivity contribution in [3.63, 3.8) is 0 Å². The van der Waals surface area contributed by atoms with Gasteiger partial charge in [-0.3, -0.25) is 9.69 Å². The highest BCUT2D eigenvalue weighted by atomic mass is 79.9. The molecule has 1 aromatic rings. The quantitative estimate of drug-likeness (QED) is 0.839. The first-order valence-electron chi connectivity index (χ1n) is 5.71. The van der Waals surface area contributed by atoms with Gasteiger partial charge in [0.1, 0.15) is 5.54 Å². The number of carbonyl (C=O) groups excluding carboxylic acids is 1. The summed E-state index contributed by atoms with van der Waals surface area (Å²) in [6.45, 7) is 1.91. The van der Waals surface area contributed by atoms with Gasteiger partial charge in [-0.15, -0.1) is 23.7 Å². The third-order valence-corrected chi connectivity index (χ3v) is 5.30. The maximum Gasteiger partial charge on any atom is 0.235 e. The molecule has 19 heavy (non-hydrogen) atoms. The number of hydrogen-bond donors (Lipinski definition) is 1. The van der Waals surface area contributed by atoms with E-state index in [0.717, 1.165) is 9.35 Å². The average molecular weight is 340 g/mol. The highest BCUT2D eigenvalue weighted by Gasteiger charge is 2.46. The Morgan fingerprint density at radius 3 is 2.95 bits per heavy atom. The Bertz CT molecular complexity index is 589. The molecule has 0 saturated heterocycles. The molecule has 1 amide bonds. The van der Waals surface area contributed by atoms with Crippen molar-refractivity contribution in [3.05, 3.63) is 20.8 Å². The van der Waals surface area contributed by atoms with Crippen molar-refractivity contribution in [2.45, 2.75) is 18.9 Å². The zero-order valence-electron chi connectivity index (χ0n) is 10.7. The number of nitrogens with zero attached hydrogens (tertiary/aromatic N) is 2. The molecule has 0 aromatic carbocycles. The van der Waals surface area contributed by atoms with Crippen LogP contribution in [0.4, 0.5) is 0 Å². The highest BCUT2D eigenvalue weighted by Crippen LogP contribution is 2.42. The van der Waals surface area contributed by atoms with Crippen LogP contribution >= 0.6 is 27.3 Å². The van der Waals surface area contributed by atoms with Gasteiger partial charge in [0.15, 0.2) is 5.96 Å². The lowest BCUT2D eigenvalue weighted by molar-refractivity contribution is -0.133. The predicted octanol–water partition coefficient (Wildman–Crippen LogP) is 2.15. The van der Waals surface area contributed by atoms with E-state index in [-0.39, 0.29) is 17.8 Å². The lowest BCUT2D eigenvalue weighted by Crippen LogP contribution is -2.53. The first-order valence-corrected chi connectivity index (χ1v) is 7.38. The Labute approximate surface area is 124 Å². The Kier molecular flexibility index (Phi) is 3.70. The number of guanidine groups is 1. The Morgan fingerprint density at radius 1 is 1.74 bits per heavy atom. The molecule has 0 unspecified atom stereocenters. The van der Waals surface area contributed by atoms with Crippen LogP contribution in [0.2, 0.25) is 0 Å². The van der Waals surface area contributed by atoms with Crippen molar-refractivity contribution < 1.29 is 4.79 Å². The second kappa shape index (κ2) is 4.99. The topological polar surface area (TPSA) is 58.7 Å². The fourth-order valence-corrected chi connectivity index (χ4v) is 3.78. The number of terminal acetylenes is 1. The van der Waals surface area contributed by atoms with Gasteiger partial charge in [-0.1, -0.05) is 0 Å². The van der Waals surface area contributed by atoms with Gasteiger partial charge in [-0.25, -0.2) is 4.99 Å². The molecule has 1 aliphatic heterocycles. The van der Waals surface area contributed by atoms with Crippen molar-refractivity contribution in [1.29, 1.82) is 0 Å². The number of thiophene rings is 1. The van der Waals surface area contributed by atoms with E-state index >= 15 is 0 Å². The molecule has 4 nitrogen and oxygen atoms in total.